The SMILES string of the molecule is COCCCNCC(C)(C)C(=O)O. The molecular formula is C9H19NO3. The fourth-order valence-corrected chi connectivity index (χ4v) is 0.818. The number of carboxylic acid groups (broad SMARTS) is 1. The van der Waals surface area contributed by atoms with Gasteiger partial charge in [0, 0.05) is 20.3 Å². The predicted molar refractivity (Wildman–Crippen MR) is 50.8 cm³/mol. The van der Waals surface area contributed by atoms with E-state index in [1.807, 2.05) is 0 Å². The van der Waals surface area contributed by atoms with Gasteiger partial charge in [-0.25, -0.2) is 0 Å². The van der Waals surface area contributed by atoms with Gasteiger partial charge in [0.15, 0.2) is 0 Å². The van der Waals surface area contributed by atoms with Gasteiger partial charge in [0.2, 0.25) is 0 Å². The molecule has 4 heteroatoms. The van der Waals surface area contributed by atoms with Crippen LogP contribution in [0.1, 0.15) is 20.3 Å². The van der Waals surface area contributed by atoms with Crippen LogP contribution < -0.4 is 5.32 Å². The van der Waals surface area contributed by atoms with Crippen molar-refractivity contribution in [2.75, 3.05) is 26.8 Å². The Morgan fingerprint density at radius 1 is 1.54 bits per heavy atom. The summed E-state index contributed by atoms with van der Waals surface area (Å²) < 4.78 is 4.87. The van der Waals surface area contributed by atoms with Crippen LogP contribution in [0, 0.1) is 5.41 Å². The van der Waals surface area contributed by atoms with Crippen molar-refractivity contribution in [3.63, 3.8) is 0 Å². The minimum atomic E-state index is -0.772. The molecule has 0 aliphatic carbocycles. The fourth-order valence-electron chi connectivity index (χ4n) is 0.818. The van der Waals surface area contributed by atoms with Gasteiger partial charge < -0.3 is 15.2 Å². The Morgan fingerprint density at radius 2 is 2.15 bits per heavy atom. The van der Waals surface area contributed by atoms with Crippen molar-refractivity contribution in [1.29, 1.82) is 0 Å². The standard InChI is InChI=1S/C9H19NO3/c1-9(2,8(11)12)7-10-5-4-6-13-3/h10H,4-7H2,1-3H3,(H,11,12). The van der Waals surface area contributed by atoms with Crippen LogP contribution in [0.3, 0.4) is 0 Å². The van der Waals surface area contributed by atoms with Crippen molar-refractivity contribution < 1.29 is 14.6 Å². The monoisotopic (exact) mass is 189 g/mol. The van der Waals surface area contributed by atoms with Crippen molar-refractivity contribution in [2.24, 2.45) is 5.41 Å². The zero-order valence-electron chi connectivity index (χ0n) is 8.59. The summed E-state index contributed by atoms with van der Waals surface area (Å²) in [4.78, 5) is 10.7. The first kappa shape index (κ1) is 12.4. The molecule has 0 saturated heterocycles. The van der Waals surface area contributed by atoms with Crippen LogP contribution in [0.15, 0.2) is 0 Å². The number of methoxy groups -OCH3 is 1. The molecule has 4 nitrogen and oxygen atoms in total. The molecule has 2 N–H and O–H groups in total. The highest BCUT2D eigenvalue weighted by Gasteiger charge is 2.25. The normalized spacial score (nSPS) is 11.6. The number of nitrogens with one attached hydrogen (secondary N) is 1. The van der Waals surface area contributed by atoms with E-state index < -0.39 is 11.4 Å². The van der Waals surface area contributed by atoms with E-state index in [0.29, 0.717) is 13.2 Å². The van der Waals surface area contributed by atoms with E-state index >= 15 is 0 Å². The molecule has 0 rings (SSSR count). The summed E-state index contributed by atoms with van der Waals surface area (Å²) in [5.41, 5.74) is -0.687. The van der Waals surface area contributed by atoms with Gasteiger partial charge in [0.05, 0.1) is 5.41 Å². The first-order valence-corrected chi connectivity index (χ1v) is 4.44. The minimum absolute atomic E-state index is 0.492. The highest BCUT2D eigenvalue weighted by molar-refractivity contribution is 5.73. The molecule has 0 unspecified atom stereocenters. The molecule has 0 aromatic heterocycles. The molecule has 0 aromatic carbocycles. The highest BCUT2D eigenvalue weighted by atomic mass is 16.5. The second-order valence-corrected chi connectivity index (χ2v) is 3.71. The summed E-state index contributed by atoms with van der Waals surface area (Å²) in [6, 6.07) is 0. The zero-order valence-corrected chi connectivity index (χ0v) is 8.59. The molecule has 0 amide bonds. The number of carboxylic acids is 1. The Kier molecular flexibility index (Phi) is 5.66. The smallest absolute Gasteiger partial charge is 0.310 e. The van der Waals surface area contributed by atoms with Crippen molar-refractivity contribution in [3.8, 4) is 0 Å². The molecule has 13 heavy (non-hydrogen) atoms. The average molecular weight is 189 g/mol. The molecule has 0 fully saturated rings. The summed E-state index contributed by atoms with van der Waals surface area (Å²) in [5.74, 6) is -0.772. The summed E-state index contributed by atoms with van der Waals surface area (Å²) in [6.45, 7) is 5.41. The van der Waals surface area contributed by atoms with Crippen LogP contribution in [-0.2, 0) is 9.53 Å². The summed E-state index contributed by atoms with van der Waals surface area (Å²) in [5, 5.41) is 11.9. The lowest BCUT2D eigenvalue weighted by atomic mass is 9.94. The maximum atomic E-state index is 10.7. The molecule has 0 bridgehead atoms. The van der Waals surface area contributed by atoms with Gasteiger partial charge in [0.25, 0.3) is 0 Å². The third-order valence-electron chi connectivity index (χ3n) is 1.85. The van der Waals surface area contributed by atoms with Gasteiger partial charge in [-0.05, 0) is 26.8 Å². The van der Waals surface area contributed by atoms with Gasteiger partial charge >= 0.3 is 5.97 Å². The van der Waals surface area contributed by atoms with Crippen LogP contribution in [-0.4, -0.2) is 37.9 Å². The number of hydrogen-bond donors (Lipinski definition) is 2. The lowest BCUT2D eigenvalue weighted by molar-refractivity contribution is -0.146. The zero-order chi connectivity index (χ0) is 10.3. The van der Waals surface area contributed by atoms with E-state index in [9.17, 15) is 4.79 Å². The first-order valence-electron chi connectivity index (χ1n) is 4.44. The number of hydrogen-bond acceptors (Lipinski definition) is 3. The van der Waals surface area contributed by atoms with Gasteiger partial charge in [-0.15, -0.1) is 0 Å². The molecular weight excluding hydrogens is 170 g/mol. The van der Waals surface area contributed by atoms with Gasteiger partial charge in [-0.2, -0.15) is 0 Å². The second kappa shape index (κ2) is 5.94. The average Bonchev–Trinajstić information content (AvgIpc) is 2.03. The summed E-state index contributed by atoms with van der Waals surface area (Å²) >= 11 is 0. The van der Waals surface area contributed by atoms with E-state index in [4.69, 9.17) is 9.84 Å². The Labute approximate surface area is 79.3 Å². The number of carbonyl (C=O) groups is 1. The van der Waals surface area contributed by atoms with Crippen LogP contribution >= 0.6 is 0 Å². The van der Waals surface area contributed by atoms with Gasteiger partial charge in [0.1, 0.15) is 0 Å². The third-order valence-corrected chi connectivity index (χ3v) is 1.85. The third kappa shape index (κ3) is 5.60. The Bertz CT molecular complexity index is 157. The highest BCUT2D eigenvalue weighted by Crippen LogP contribution is 2.12. The van der Waals surface area contributed by atoms with Crippen LogP contribution in [0.5, 0.6) is 0 Å². The Balaban J connectivity index is 3.46. The number of ether oxygens (including phenoxy) is 1. The summed E-state index contributed by atoms with van der Waals surface area (Å²) in [7, 11) is 1.65. The molecule has 0 aliphatic heterocycles. The molecule has 78 valence electrons. The van der Waals surface area contributed by atoms with Gasteiger partial charge in [-0.3, -0.25) is 4.79 Å². The van der Waals surface area contributed by atoms with Crippen LogP contribution in [0.2, 0.25) is 0 Å². The molecule has 0 aliphatic rings. The predicted octanol–water partition coefficient (Wildman–Crippen LogP) is 0.723. The lowest BCUT2D eigenvalue weighted by Gasteiger charge is -2.19. The van der Waals surface area contributed by atoms with E-state index in [1.165, 1.54) is 0 Å². The van der Waals surface area contributed by atoms with E-state index in [2.05, 4.69) is 5.32 Å². The molecule has 0 spiro atoms. The summed E-state index contributed by atoms with van der Waals surface area (Å²) in [6.07, 6.45) is 0.909. The maximum absolute atomic E-state index is 10.7. The Morgan fingerprint density at radius 3 is 2.62 bits per heavy atom. The van der Waals surface area contributed by atoms with Crippen molar-refractivity contribution in [1.82, 2.24) is 5.32 Å². The van der Waals surface area contributed by atoms with E-state index in [1.54, 1.807) is 21.0 Å². The van der Waals surface area contributed by atoms with E-state index in [-0.39, 0.29) is 0 Å². The first-order chi connectivity index (χ1) is 6.00. The van der Waals surface area contributed by atoms with E-state index in [0.717, 1.165) is 13.0 Å². The number of rotatable bonds is 7. The van der Waals surface area contributed by atoms with Crippen molar-refractivity contribution in [3.05, 3.63) is 0 Å². The van der Waals surface area contributed by atoms with Gasteiger partial charge in [-0.1, -0.05) is 0 Å². The van der Waals surface area contributed by atoms with Crippen LogP contribution in [0.25, 0.3) is 0 Å². The van der Waals surface area contributed by atoms with Crippen LogP contribution in [0.4, 0.5) is 0 Å². The fraction of sp³-hybridized carbons (Fsp3) is 0.889. The second-order valence-electron chi connectivity index (χ2n) is 3.71. The molecule has 0 saturated carbocycles. The Hall–Kier alpha value is -0.610. The molecule has 0 atom stereocenters. The molecule has 0 heterocycles. The maximum Gasteiger partial charge on any atom is 0.310 e. The largest absolute Gasteiger partial charge is 0.481 e. The lowest BCUT2D eigenvalue weighted by Crippen LogP contribution is -2.36. The molecule has 0 aromatic rings. The van der Waals surface area contributed by atoms with Crippen molar-refractivity contribution >= 4 is 5.97 Å². The van der Waals surface area contributed by atoms with Crippen molar-refractivity contribution in [2.45, 2.75) is 20.3 Å². The minimum Gasteiger partial charge on any atom is -0.481 e. The molecule has 0 radical (unpaired) electrons. The topological polar surface area (TPSA) is 58.6 Å². The number of aliphatic carboxylic acids is 1. The quantitative estimate of drug-likeness (QED) is 0.579.